The maximum absolute atomic E-state index is 5.95. The number of nitrogens with zero attached hydrogens (tertiary/aromatic N) is 3. The molecule has 7 heteroatoms. The fourth-order valence-corrected chi connectivity index (χ4v) is 2.84. The summed E-state index contributed by atoms with van der Waals surface area (Å²) in [6.07, 6.45) is 0. The maximum atomic E-state index is 5.95. The van der Waals surface area contributed by atoms with Crippen LogP contribution in [0.2, 0.25) is 5.28 Å². The van der Waals surface area contributed by atoms with E-state index in [-0.39, 0.29) is 11.3 Å². The molecule has 17 heavy (non-hydrogen) atoms. The second-order valence-corrected chi connectivity index (χ2v) is 5.06. The maximum Gasteiger partial charge on any atom is 0.224 e. The zero-order valence-electron chi connectivity index (χ0n) is 9.03. The van der Waals surface area contributed by atoms with Crippen molar-refractivity contribution in [3.8, 4) is 5.75 Å². The molecule has 0 saturated carbocycles. The average molecular weight is 368 g/mol. The Balaban J connectivity index is 2.06. The van der Waals surface area contributed by atoms with Gasteiger partial charge in [0.2, 0.25) is 5.28 Å². The SMILES string of the molecule is Clc1nc(CI)c2c(n1)N1CCOCC1CO2. The monoisotopic (exact) mass is 367 g/mol. The lowest BCUT2D eigenvalue weighted by Crippen LogP contribution is -2.51. The Morgan fingerprint density at radius 3 is 3.12 bits per heavy atom. The van der Waals surface area contributed by atoms with Gasteiger partial charge in [-0.15, -0.1) is 0 Å². The van der Waals surface area contributed by atoms with E-state index < -0.39 is 0 Å². The third-order valence-corrected chi connectivity index (χ3v) is 3.83. The number of hydrogen-bond acceptors (Lipinski definition) is 5. The molecule has 2 aliphatic rings. The van der Waals surface area contributed by atoms with Crippen LogP contribution in [0.25, 0.3) is 0 Å². The first kappa shape index (κ1) is 11.7. The molecule has 2 aliphatic heterocycles. The number of rotatable bonds is 1. The Morgan fingerprint density at radius 1 is 1.41 bits per heavy atom. The minimum absolute atomic E-state index is 0.240. The van der Waals surface area contributed by atoms with Gasteiger partial charge in [0.1, 0.15) is 6.61 Å². The normalized spacial score (nSPS) is 22.7. The van der Waals surface area contributed by atoms with Gasteiger partial charge >= 0.3 is 0 Å². The molecule has 5 nitrogen and oxygen atoms in total. The summed E-state index contributed by atoms with van der Waals surface area (Å²) in [5, 5.41) is 0.283. The summed E-state index contributed by atoms with van der Waals surface area (Å²) in [6, 6.07) is 0.240. The molecule has 1 fully saturated rings. The molecule has 0 N–H and O–H groups in total. The van der Waals surface area contributed by atoms with Crippen LogP contribution in [-0.2, 0) is 9.16 Å². The van der Waals surface area contributed by atoms with Gasteiger partial charge in [-0.1, -0.05) is 22.6 Å². The van der Waals surface area contributed by atoms with E-state index in [1.807, 2.05) is 0 Å². The summed E-state index contributed by atoms with van der Waals surface area (Å²) >= 11 is 8.20. The van der Waals surface area contributed by atoms with Crippen LogP contribution in [0, 0.1) is 0 Å². The van der Waals surface area contributed by atoms with Crippen molar-refractivity contribution >= 4 is 40.0 Å². The Kier molecular flexibility index (Phi) is 3.27. The van der Waals surface area contributed by atoms with Crippen molar-refractivity contribution in [1.29, 1.82) is 0 Å². The van der Waals surface area contributed by atoms with E-state index in [0.29, 0.717) is 13.2 Å². The second-order valence-electron chi connectivity index (χ2n) is 3.96. The van der Waals surface area contributed by atoms with Crippen molar-refractivity contribution in [2.75, 3.05) is 31.3 Å². The summed E-state index contributed by atoms with van der Waals surface area (Å²) < 4.78 is 12.0. The topological polar surface area (TPSA) is 47.5 Å². The van der Waals surface area contributed by atoms with Crippen molar-refractivity contribution in [2.45, 2.75) is 10.5 Å². The standard InChI is InChI=1S/C10H11ClIN3O2/c11-10-13-7(3-12)8-9(14-10)15-1-2-16-4-6(15)5-17-8/h6H,1-5H2. The molecule has 0 spiro atoms. The number of fused-ring (bicyclic) bond motifs is 3. The highest BCUT2D eigenvalue weighted by atomic mass is 127. The lowest BCUT2D eigenvalue weighted by atomic mass is 10.2. The quantitative estimate of drug-likeness (QED) is 0.429. The van der Waals surface area contributed by atoms with Crippen LogP contribution in [0.5, 0.6) is 5.75 Å². The molecule has 92 valence electrons. The molecule has 0 bridgehead atoms. The zero-order valence-corrected chi connectivity index (χ0v) is 11.9. The molecule has 3 rings (SSSR count). The number of morpholine rings is 1. The minimum Gasteiger partial charge on any atom is -0.486 e. The summed E-state index contributed by atoms with van der Waals surface area (Å²) in [6.45, 7) is 2.86. The van der Waals surface area contributed by atoms with E-state index in [2.05, 4.69) is 37.5 Å². The fourth-order valence-electron chi connectivity index (χ4n) is 2.14. The molecule has 1 unspecified atom stereocenters. The Labute approximate surface area is 118 Å². The van der Waals surface area contributed by atoms with Crippen molar-refractivity contribution in [2.24, 2.45) is 0 Å². The Bertz CT molecular complexity index is 446. The number of hydrogen-bond donors (Lipinski definition) is 0. The second kappa shape index (κ2) is 4.74. The summed E-state index contributed by atoms with van der Waals surface area (Å²) in [5.74, 6) is 1.60. The first-order valence-corrected chi connectivity index (χ1v) is 7.29. The predicted octanol–water partition coefficient (Wildman–Crippen LogP) is 1.66. The van der Waals surface area contributed by atoms with Crippen molar-refractivity contribution in [1.82, 2.24) is 9.97 Å². The van der Waals surface area contributed by atoms with Crippen LogP contribution in [0.15, 0.2) is 0 Å². The first-order valence-electron chi connectivity index (χ1n) is 5.39. The summed E-state index contributed by atoms with van der Waals surface area (Å²) in [7, 11) is 0. The van der Waals surface area contributed by atoms with Gasteiger partial charge in [0, 0.05) is 11.0 Å². The van der Waals surface area contributed by atoms with E-state index in [1.165, 1.54) is 0 Å². The third-order valence-electron chi connectivity index (χ3n) is 2.94. The van der Waals surface area contributed by atoms with Gasteiger partial charge in [0.25, 0.3) is 0 Å². The van der Waals surface area contributed by atoms with Gasteiger partial charge in [-0.2, -0.15) is 4.98 Å². The number of halogens is 2. The van der Waals surface area contributed by atoms with Gasteiger partial charge in [0.15, 0.2) is 11.6 Å². The van der Waals surface area contributed by atoms with E-state index in [0.717, 1.165) is 34.8 Å². The summed E-state index contributed by atoms with van der Waals surface area (Å²) in [4.78, 5) is 10.7. The number of alkyl halides is 1. The van der Waals surface area contributed by atoms with Crippen LogP contribution in [-0.4, -0.2) is 42.4 Å². The van der Waals surface area contributed by atoms with E-state index in [1.54, 1.807) is 0 Å². The lowest BCUT2D eigenvalue weighted by molar-refractivity contribution is 0.0693. The highest BCUT2D eigenvalue weighted by Gasteiger charge is 2.33. The van der Waals surface area contributed by atoms with Gasteiger partial charge in [-0.3, -0.25) is 0 Å². The molecular formula is C10H11ClIN3O2. The lowest BCUT2D eigenvalue weighted by Gasteiger charge is -2.40. The number of ether oxygens (including phenoxy) is 2. The minimum atomic E-state index is 0.240. The highest BCUT2D eigenvalue weighted by molar-refractivity contribution is 14.1. The van der Waals surface area contributed by atoms with Crippen LogP contribution in [0.1, 0.15) is 5.69 Å². The number of anilines is 1. The van der Waals surface area contributed by atoms with E-state index >= 15 is 0 Å². The molecule has 1 saturated heterocycles. The van der Waals surface area contributed by atoms with Crippen molar-refractivity contribution < 1.29 is 9.47 Å². The molecule has 0 radical (unpaired) electrons. The van der Waals surface area contributed by atoms with Gasteiger partial charge in [-0.25, -0.2) is 4.98 Å². The molecule has 3 heterocycles. The van der Waals surface area contributed by atoms with Crippen molar-refractivity contribution in [3.63, 3.8) is 0 Å². The molecule has 1 atom stereocenters. The fraction of sp³-hybridized carbons (Fsp3) is 0.600. The zero-order chi connectivity index (χ0) is 11.8. The van der Waals surface area contributed by atoms with Gasteiger partial charge < -0.3 is 14.4 Å². The highest BCUT2D eigenvalue weighted by Crippen LogP contribution is 2.37. The van der Waals surface area contributed by atoms with Crippen molar-refractivity contribution in [3.05, 3.63) is 11.0 Å². The Hall–Kier alpha value is -0.340. The summed E-state index contributed by atoms with van der Waals surface area (Å²) in [5.41, 5.74) is 0.866. The largest absolute Gasteiger partial charge is 0.486 e. The van der Waals surface area contributed by atoms with Gasteiger partial charge in [-0.05, 0) is 11.6 Å². The van der Waals surface area contributed by atoms with Crippen LogP contribution in [0.4, 0.5) is 5.82 Å². The van der Waals surface area contributed by atoms with Crippen LogP contribution < -0.4 is 9.64 Å². The first-order chi connectivity index (χ1) is 8.29. The van der Waals surface area contributed by atoms with Crippen LogP contribution in [0.3, 0.4) is 0 Å². The molecule has 0 aliphatic carbocycles. The molecule has 0 amide bonds. The molecule has 0 aromatic carbocycles. The van der Waals surface area contributed by atoms with E-state index in [4.69, 9.17) is 21.1 Å². The molecule has 1 aromatic heterocycles. The predicted molar refractivity (Wildman–Crippen MR) is 72.2 cm³/mol. The average Bonchev–Trinajstić information content (AvgIpc) is 2.37. The van der Waals surface area contributed by atoms with Crippen LogP contribution >= 0.6 is 34.2 Å². The molecular weight excluding hydrogens is 356 g/mol. The third kappa shape index (κ3) is 2.06. The van der Waals surface area contributed by atoms with Gasteiger partial charge in [0.05, 0.1) is 24.9 Å². The smallest absolute Gasteiger partial charge is 0.224 e. The van der Waals surface area contributed by atoms with E-state index in [9.17, 15) is 0 Å². The Morgan fingerprint density at radius 2 is 2.29 bits per heavy atom. The number of aromatic nitrogens is 2. The molecule has 1 aromatic rings.